The molecule has 0 aliphatic carbocycles. The summed E-state index contributed by atoms with van der Waals surface area (Å²) in [7, 11) is 0. The van der Waals surface area contributed by atoms with E-state index in [2.05, 4.69) is 10.5 Å². The molecule has 3 rings (SSSR count). The van der Waals surface area contributed by atoms with E-state index in [1.807, 2.05) is 84.9 Å². The van der Waals surface area contributed by atoms with Gasteiger partial charge in [0.15, 0.2) is 0 Å². The minimum absolute atomic E-state index is 0.143. The van der Waals surface area contributed by atoms with Crippen LogP contribution < -0.4 is 10.2 Å². The van der Waals surface area contributed by atoms with E-state index in [9.17, 15) is 4.79 Å². The molecule has 0 aliphatic rings. The molecule has 1 N–H and O–H groups in total. The van der Waals surface area contributed by atoms with Gasteiger partial charge in [0.2, 0.25) is 5.91 Å². The lowest BCUT2D eigenvalue weighted by atomic mass is 10.1. The number of ether oxygens (including phenoxy) is 1. The maximum Gasteiger partial charge on any atom is 0.244 e. The maximum absolute atomic E-state index is 11.8. The van der Waals surface area contributed by atoms with Gasteiger partial charge in [-0.3, -0.25) is 4.79 Å². The first-order valence-electron chi connectivity index (χ1n) is 8.42. The molecule has 0 aliphatic heterocycles. The van der Waals surface area contributed by atoms with Crippen LogP contribution in [-0.2, 0) is 17.8 Å². The Labute approximate surface area is 153 Å². The molecule has 0 bridgehead atoms. The second kappa shape index (κ2) is 9.18. The highest BCUT2D eigenvalue weighted by Crippen LogP contribution is 2.13. The number of rotatable bonds is 7. The average Bonchev–Trinajstić information content (AvgIpc) is 2.69. The molecule has 3 aromatic rings. The topological polar surface area (TPSA) is 50.7 Å². The lowest BCUT2D eigenvalue weighted by Gasteiger charge is -2.06. The number of carbonyl (C=O) groups excluding carboxylic acids is 1. The van der Waals surface area contributed by atoms with Crippen molar-refractivity contribution in [1.82, 2.24) is 5.43 Å². The van der Waals surface area contributed by atoms with Crippen LogP contribution in [0.1, 0.15) is 16.7 Å². The van der Waals surface area contributed by atoms with Crippen molar-refractivity contribution in [3.05, 3.63) is 102 Å². The molecule has 0 aromatic heterocycles. The highest BCUT2D eigenvalue weighted by atomic mass is 16.5. The third-order valence-electron chi connectivity index (χ3n) is 3.74. The predicted octanol–water partition coefficient (Wildman–Crippen LogP) is 3.96. The standard InChI is InChI=1S/C22H20N2O2/c25-22(15-18-7-3-1-4-8-18)24-23-16-19-11-13-21(14-12-19)26-17-20-9-5-2-6-10-20/h1-14,16H,15,17H2,(H,24,25)/b23-16-. The van der Waals surface area contributed by atoms with E-state index in [1.54, 1.807) is 6.21 Å². The molecule has 0 heterocycles. The zero-order chi connectivity index (χ0) is 18.0. The summed E-state index contributed by atoms with van der Waals surface area (Å²) in [5.74, 6) is 0.648. The zero-order valence-corrected chi connectivity index (χ0v) is 14.3. The molecule has 130 valence electrons. The third kappa shape index (κ3) is 5.60. The van der Waals surface area contributed by atoms with Gasteiger partial charge in [-0.1, -0.05) is 60.7 Å². The van der Waals surface area contributed by atoms with E-state index in [1.165, 1.54) is 0 Å². The fraction of sp³-hybridized carbons (Fsp3) is 0.0909. The number of carbonyl (C=O) groups is 1. The molecule has 1 amide bonds. The smallest absolute Gasteiger partial charge is 0.244 e. The van der Waals surface area contributed by atoms with Crippen molar-refractivity contribution in [2.45, 2.75) is 13.0 Å². The zero-order valence-electron chi connectivity index (χ0n) is 14.3. The predicted molar refractivity (Wildman–Crippen MR) is 103 cm³/mol. The van der Waals surface area contributed by atoms with E-state index in [-0.39, 0.29) is 5.91 Å². The number of amides is 1. The summed E-state index contributed by atoms with van der Waals surface area (Å²) in [5, 5.41) is 4.00. The highest BCUT2D eigenvalue weighted by molar-refractivity contribution is 5.83. The van der Waals surface area contributed by atoms with Crippen molar-refractivity contribution >= 4 is 12.1 Å². The first-order valence-corrected chi connectivity index (χ1v) is 8.42. The molecule has 4 nitrogen and oxygen atoms in total. The molecule has 0 saturated heterocycles. The van der Waals surface area contributed by atoms with Crippen molar-refractivity contribution in [3.63, 3.8) is 0 Å². The van der Waals surface area contributed by atoms with Gasteiger partial charge in [-0.2, -0.15) is 5.10 Å². The van der Waals surface area contributed by atoms with Gasteiger partial charge in [0, 0.05) is 0 Å². The molecule has 0 spiro atoms. The van der Waals surface area contributed by atoms with Gasteiger partial charge in [0.1, 0.15) is 12.4 Å². The Morgan fingerprint density at radius 1 is 0.846 bits per heavy atom. The minimum Gasteiger partial charge on any atom is -0.489 e. The molecule has 0 saturated carbocycles. The Hall–Kier alpha value is -3.40. The van der Waals surface area contributed by atoms with Gasteiger partial charge in [-0.25, -0.2) is 5.43 Å². The second-order valence-corrected chi connectivity index (χ2v) is 5.80. The molecule has 4 heteroatoms. The van der Waals surface area contributed by atoms with Crippen molar-refractivity contribution in [2.24, 2.45) is 5.10 Å². The minimum atomic E-state index is -0.143. The summed E-state index contributed by atoms with van der Waals surface area (Å²) in [6.45, 7) is 0.532. The Kier molecular flexibility index (Phi) is 6.15. The SMILES string of the molecule is O=C(Cc1ccccc1)N/N=C\c1ccc(OCc2ccccc2)cc1. The molecule has 26 heavy (non-hydrogen) atoms. The quantitative estimate of drug-likeness (QED) is 0.521. The van der Waals surface area contributed by atoms with Gasteiger partial charge in [-0.05, 0) is 41.0 Å². The molecule has 0 unspecified atom stereocenters. The highest BCUT2D eigenvalue weighted by Gasteiger charge is 2.01. The third-order valence-corrected chi connectivity index (χ3v) is 3.74. The summed E-state index contributed by atoms with van der Waals surface area (Å²) in [6.07, 6.45) is 1.92. The van der Waals surface area contributed by atoms with Crippen LogP contribution >= 0.6 is 0 Å². The lowest BCUT2D eigenvalue weighted by molar-refractivity contribution is -0.120. The van der Waals surface area contributed by atoms with Crippen molar-refractivity contribution in [1.29, 1.82) is 0 Å². The Morgan fingerprint density at radius 3 is 2.12 bits per heavy atom. The van der Waals surface area contributed by atoms with Crippen LogP contribution in [0.3, 0.4) is 0 Å². The molecule has 0 radical (unpaired) electrons. The number of benzene rings is 3. The average molecular weight is 344 g/mol. The van der Waals surface area contributed by atoms with Crippen LogP contribution in [0, 0.1) is 0 Å². The molecular formula is C22H20N2O2. The van der Waals surface area contributed by atoms with E-state index >= 15 is 0 Å². The lowest BCUT2D eigenvalue weighted by Crippen LogP contribution is -2.19. The molecular weight excluding hydrogens is 324 g/mol. The monoisotopic (exact) mass is 344 g/mol. The Morgan fingerprint density at radius 2 is 1.46 bits per heavy atom. The van der Waals surface area contributed by atoms with Crippen LogP contribution in [0.2, 0.25) is 0 Å². The molecule has 0 fully saturated rings. The molecule has 3 aromatic carbocycles. The second-order valence-electron chi connectivity index (χ2n) is 5.80. The number of hydrogen-bond donors (Lipinski definition) is 1. The summed E-state index contributed by atoms with van der Waals surface area (Å²) in [4.78, 5) is 11.8. The number of nitrogens with one attached hydrogen (secondary N) is 1. The summed E-state index contributed by atoms with van der Waals surface area (Å²) < 4.78 is 5.74. The summed E-state index contributed by atoms with van der Waals surface area (Å²) in [5.41, 5.74) is 5.51. The van der Waals surface area contributed by atoms with Crippen molar-refractivity contribution in [2.75, 3.05) is 0 Å². The van der Waals surface area contributed by atoms with E-state index < -0.39 is 0 Å². The number of nitrogens with zero attached hydrogens (tertiary/aromatic N) is 1. The first kappa shape index (κ1) is 17.4. The van der Waals surface area contributed by atoms with E-state index in [0.717, 1.165) is 22.4 Å². The molecule has 0 atom stereocenters. The van der Waals surface area contributed by atoms with E-state index in [0.29, 0.717) is 13.0 Å². The summed E-state index contributed by atoms with van der Waals surface area (Å²) in [6, 6.07) is 27.2. The number of hydrazone groups is 1. The van der Waals surface area contributed by atoms with Crippen LogP contribution in [-0.4, -0.2) is 12.1 Å². The summed E-state index contributed by atoms with van der Waals surface area (Å²) >= 11 is 0. The first-order chi connectivity index (χ1) is 12.8. The van der Waals surface area contributed by atoms with Crippen molar-refractivity contribution < 1.29 is 9.53 Å². The van der Waals surface area contributed by atoms with E-state index in [4.69, 9.17) is 4.74 Å². The van der Waals surface area contributed by atoms with Crippen LogP contribution in [0.15, 0.2) is 90.0 Å². The Balaban J connectivity index is 1.46. The Bertz CT molecular complexity index is 844. The van der Waals surface area contributed by atoms with Crippen LogP contribution in [0.25, 0.3) is 0 Å². The van der Waals surface area contributed by atoms with Gasteiger partial charge in [0.05, 0.1) is 12.6 Å². The number of hydrogen-bond acceptors (Lipinski definition) is 3. The van der Waals surface area contributed by atoms with Gasteiger partial charge < -0.3 is 4.74 Å². The van der Waals surface area contributed by atoms with Gasteiger partial charge >= 0.3 is 0 Å². The van der Waals surface area contributed by atoms with Crippen LogP contribution in [0.4, 0.5) is 0 Å². The fourth-order valence-corrected chi connectivity index (χ4v) is 2.39. The van der Waals surface area contributed by atoms with Crippen LogP contribution in [0.5, 0.6) is 5.75 Å². The largest absolute Gasteiger partial charge is 0.489 e. The van der Waals surface area contributed by atoms with Gasteiger partial charge in [-0.15, -0.1) is 0 Å². The van der Waals surface area contributed by atoms with Gasteiger partial charge in [0.25, 0.3) is 0 Å². The fourth-order valence-electron chi connectivity index (χ4n) is 2.39. The normalized spacial score (nSPS) is 10.6. The van der Waals surface area contributed by atoms with Crippen molar-refractivity contribution in [3.8, 4) is 5.75 Å². The maximum atomic E-state index is 11.8.